The number of benzene rings is 6. The van der Waals surface area contributed by atoms with Crippen molar-refractivity contribution < 1.29 is 0 Å². The molecule has 0 amide bonds. The molecular formula is C42H31N3. The molecule has 8 aromatic rings. The van der Waals surface area contributed by atoms with Crippen LogP contribution in [0, 0.1) is 0 Å². The van der Waals surface area contributed by atoms with Crippen LogP contribution in [0.15, 0.2) is 158 Å². The largest absolute Gasteiger partial charge is 0.311 e. The summed E-state index contributed by atoms with van der Waals surface area (Å²) in [7, 11) is 0. The molecule has 0 bridgehead atoms. The average Bonchev–Trinajstić information content (AvgIpc) is 3.63. The van der Waals surface area contributed by atoms with Crippen LogP contribution < -0.4 is 4.90 Å². The lowest BCUT2D eigenvalue weighted by atomic mass is 10.0. The van der Waals surface area contributed by atoms with Crippen molar-refractivity contribution in [2.45, 2.75) is 12.8 Å². The number of anilines is 3. The van der Waals surface area contributed by atoms with Crippen molar-refractivity contribution in [1.82, 2.24) is 9.13 Å². The van der Waals surface area contributed by atoms with E-state index >= 15 is 0 Å². The predicted molar refractivity (Wildman–Crippen MR) is 190 cm³/mol. The van der Waals surface area contributed by atoms with Gasteiger partial charge in [0, 0.05) is 50.3 Å². The summed E-state index contributed by atoms with van der Waals surface area (Å²) < 4.78 is 4.78. The number of aryl methyl sites for hydroxylation is 1. The van der Waals surface area contributed by atoms with Crippen LogP contribution in [-0.2, 0) is 6.42 Å². The number of allylic oxidation sites excluding steroid dienone is 1. The summed E-state index contributed by atoms with van der Waals surface area (Å²) in [6.07, 6.45) is 6.78. The van der Waals surface area contributed by atoms with Gasteiger partial charge < -0.3 is 14.0 Å². The van der Waals surface area contributed by atoms with Crippen molar-refractivity contribution in [1.29, 1.82) is 0 Å². The fourth-order valence-corrected chi connectivity index (χ4v) is 7.19. The zero-order chi connectivity index (χ0) is 29.7. The van der Waals surface area contributed by atoms with E-state index in [1.165, 1.54) is 49.7 Å². The summed E-state index contributed by atoms with van der Waals surface area (Å²) in [5.41, 5.74) is 12.1. The Bertz CT molecular complexity index is 2300. The molecule has 3 nitrogen and oxygen atoms in total. The summed E-state index contributed by atoms with van der Waals surface area (Å²) in [6.45, 7) is 0. The number of nitrogens with zero attached hydrogens (tertiary/aromatic N) is 3. The van der Waals surface area contributed by atoms with E-state index in [0.29, 0.717) is 0 Å². The highest BCUT2D eigenvalue weighted by atomic mass is 15.1. The molecule has 45 heavy (non-hydrogen) atoms. The molecule has 0 saturated heterocycles. The minimum atomic E-state index is 1.09. The molecule has 1 aliphatic rings. The Kier molecular flexibility index (Phi) is 5.95. The fraction of sp³-hybridized carbons (Fsp3) is 0.0476. The number of para-hydroxylation sites is 4. The van der Waals surface area contributed by atoms with Crippen molar-refractivity contribution in [3.05, 3.63) is 169 Å². The molecule has 0 radical (unpaired) electrons. The van der Waals surface area contributed by atoms with Gasteiger partial charge in [0.2, 0.25) is 0 Å². The van der Waals surface area contributed by atoms with Gasteiger partial charge in [0.05, 0.1) is 16.6 Å². The molecule has 0 aliphatic heterocycles. The first kappa shape index (κ1) is 25.7. The van der Waals surface area contributed by atoms with Crippen LogP contribution in [0.4, 0.5) is 17.1 Å². The Labute approximate surface area is 262 Å². The summed E-state index contributed by atoms with van der Waals surface area (Å²) in [5, 5.41) is 3.90. The molecule has 0 N–H and O–H groups in total. The van der Waals surface area contributed by atoms with Crippen LogP contribution in [0.25, 0.3) is 50.2 Å². The third-order valence-corrected chi connectivity index (χ3v) is 9.18. The van der Waals surface area contributed by atoms with Gasteiger partial charge in [-0.1, -0.05) is 78.9 Å². The lowest BCUT2D eigenvalue weighted by molar-refractivity contribution is 0.967. The summed E-state index contributed by atoms with van der Waals surface area (Å²) in [4.78, 5) is 2.34. The molecule has 0 atom stereocenters. The molecule has 3 heteroatoms. The second-order valence-corrected chi connectivity index (χ2v) is 11.7. The SMILES string of the molecule is C1=Cc2c(c3ccccc3n2-c2ccc(N(c3ccccc3)c3ccc(-n4c5ccccc5c5ccccc54)cc3)cc2)CC1. The van der Waals surface area contributed by atoms with Crippen molar-refractivity contribution in [2.24, 2.45) is 0 Å². The molecule has 0 saturated carbocycles. The second-order valence-electron chi connectivity index (χ2n) is 11.7. The van der Waals surface area contributed by atoms with Gasteiger partial charge in [-0.25, -0.2) is 0 Å². The zero-order valence-corrected chi connectivity index (χ0v) is 24.8. The maximum Gasteiger partial charge on any atom is 0.0541 e. The van der Waals surface area contributed by atoms with Crippen LogP contribution >= 0.6 is 0 Å². The first-order chi connectivity index (χ1) is 22.3. The van der Waals surface area contributed by atoms with Crippen molar-refractivity contribution in [3.63, 3.8) is 0 Å². The minimum absolute atomic E-state index is 1.09. The van der Waals surface area contributed by atoms with E-state index in [2.05, 4.69) is 178 Å². The van der Waals surface area contributed by atoms with E-state index in [4.69, 9.17) is 0 Å². The average molecular weight is 578 g/mol. The van der Waals surface area contributed by atoms with Gasteiger partial charge in [-0.05, 0) is 103 Å². The Morgan fingerprint density at radius 2 is 0.889 bits per heavy atom. The number of rotatable bonds is 5. The molecule has 9 rings (SSSR count). The molecule has 0 spiro atoms. The van der Waals surface area contributed by atoms with Crippen molar-refractivity contribution in [3.8, 4) is 11.4 Å². The van der Waals surface area contributed by atoms with Crippen molar-refractivity contribution in [2.75, 3.05) is 4.90 Å². The molecule has 0 unspecified atom stereocenters. The van der Waals surface area contributed by atoms with E-state index in [-0.39, 0.29) is 0 Å². The molecule has 2 heterocycles. The maximum atomic E-state index is 2.41. The summed E-state index contributed by atoms with van der Waals surface area (Å²) >= 11 is 0. The molecule has 0 fully saturated rings. The quantitative estimate of drug-likeness (QED) is 0.198. The number of hydrogen-bond acceptors (Lipinski definition) is 1. The van der Waals surface area contributed by atoms with Gasteiger partial charge in [-0.2, -0.15) is 0 Å². The Morgan fingerprint density at radius 1 is 0.422 bits per heavy atom. The van der Waals surface area contributed by atoms with Crippen molar-refractivity contribution >= 4 is 55.8 Å². The van der Waals surface area contributed by atoms with Crippen LogP contribution in [0.2, 0.25) is 0 Å². The van der Waals surface area contributed by atoms with Gasteiger partial charge in [0.25, 0.3) is 0 Å². The van der Waals surface area contributed by atoms with E-state index in [9.17, 15) is 0 Å². The van der Waals surface area contributed by atoms with E-state index in [0.717, 1.165) is 35.6 Å². The normalized spacial score (nSPS) is 12.6. The van der Waals surface area contributed by atoms with Gasteiger partial charge in [-0.3, -0.25) is 0 Å². The topological polar surface area (TPSA) is 13.1 Å². The van der Waals surface area contributed by atoms with Crippen LogP contribution in [-0.4, -0.2) is 9.13 Å². The predicted octanol–water partition coefficient (Wildman–Crippen LogP) is 11.2. The standard InChI is InChI=1S/C42H31N3/c1-2-12-30(13-3-1)43(31-22-26-33(27-23-31)44-39-18-8-4-14-35(39)36-15-5-9-19-40(36)44)32-24-28-34(29-25-32)45-41-20-10-6-16-37(41)38-17-7-11-21-42(38)45/h1-6,8-16,18-29H,7,17H2. The third kappa shape index (κ3) is 4.12. The Hall–Kier alpha value is -5.80. The third-order valence-electron chi connectivity index (χ3n) is 9.18. The zero-order valence-electron chi connectivity index (χ0n) is 24.8. The summed E-state index contributed by atoms with van der Waals surface area (Å²) in [5.74, 6) is 0. The smallest absolute Gasteiger partial charge is 0.0541 e. The lowest BCUT2D eigenvalue weighted by Gasteiger charge is -2.26. The fourth-order valence-electron chi connectivity index (χ4n) is 7.19. The minimum Gasteiger partial charge on any atom is -0.311 e. The highest BCUT2D eigenvalue weighted by molar-refractivity contribution is 6.09. The van der Waals surface area contributed by atoms with Gasteiger partial charge in [0.15, 0.2) is 0 Å². The molecule has 2 aromatic heterocycles. The first-order valence-electron chi connectivity index (χ1n) is 15.7. The van der Waals surface area contributed by atoms with E-state index < -0.39 is 0 Å². The number of fused-ring (bicyclic) bond motifs is 6. The highest BCUT2D eigenvalue weighted by Crippen LogP contribution is 2.38. The van der Waals surface area contributed by atoms with Crippen LogP contribution in [0.5, 0.6) is 0 Å². The van der Waals surface area contributed by atoms with Crippen LogP contribution in [0.1, 0.15) is 17.7 Å². The molecule has 6 aromatic carbocycles. The van der Waals surface area contributed by atoms with E-state index in [1.54, 1.807) is 0 Å². The molecule has 214 valence electrons. The monoisotopic (exact) mass is 577 g/mol. The van der Waals surface area contributed by atoms with Gasteiger partial charge in [-0.15, -0.1) is 0 Å². The summed E-state index contributed by atoms with van der Waals surface area (Å²) in [6, 6.07) is 54.7. The number of hydrogen-bond donors (Lipinski definition) is 0. The maximum absolute atomic E-state index is 2.41. The lowest BCUT2D eigenvalue weighted by Crippen LogP contribution is -2.10. The second kappa shape index (κ2) is 10.4. The highest BCUT2D eigenvalue weighted by Gasteiger charge is 2.19. The van der Waals surface area contributed by atoms with Gasteiger partial charge in [0.1, 0.15) is 0 Å². The van der Waals surface area contributed by atoms with Gasteiger partial charge >= 0.3 is 0 Å². The number of aromatic nitrogens is 2. The molecular weight excluding hydrogens is 546 g/mol. The Balaban J connectivity index is 1.14. The Morgan fingerprint density at radius 3 is 1.49 bits per heavy atom. The van der Waals surface area contributed by atoms with E-state index in [1.807, 2.05) is 0 Å². The first-order valence-corrected chi connectivity index (χ1v) is 15.7. The molecule has 1 aliphatic carbocycles. The van der Waals surface area contributed by atoms with Crippen LogP contribution in [0.3, 0.4) is 0 Å².